The largest absolute Gasteiger partial charge is 0.487 e. The number of terminal acetylenes is 1. The number of fused-ring (bicyclic) bond motifs is 1. The maximum atomic E-state index is 11.8. The summed E-state index contributed by atoms with van der Waals surface area (Å²) in [6.07, 6.45) is 6.94. The lowest BCUT2D eigenvalue weighted by atomic mass is 10.2. The van der Waals surface area contributed by atoms with Crippen LogP contribution in [0.15, 0.2) is 42.7 Å². The van der Waals surface area contributed by atoms with Gasteiger partial charge in [-0.05, 0) is 31.2 Å². The van der Waals surface area contributed by atoms with Gasteiger partial charge in [0.25, 0.3) is 0 Å². The number of esters is 1. The first kappa shape index (κ1) is 21.9. The highest BCUT2D eigenvalue weighted by Crippen LogP contribution is 2.35. The first-order valence-corrected chi connectivity index (χ1v) is 9.67. The third-order valence-corrected chi connectivity index (χ3v) is 4.19. The van der Waals surface area contributed by atoms with Crippen LogP contribution in [-0.4, -0.2) is 49.5 Å². The highest BCUT2D eigenvalue weighted by molar-refractivity contribution is 5.93. The number of hydrogen-bond donors (Lipinski definition) is 1. The molecule has 160 valence electrons. The molecule has 0 fully saturated rings. The van der Waals surface area contributed by atoms with E-state index in [2.05, 4.69) is 21.2 Å². The van der Waals surface area contributed by atoms with Gasteiger partial charge in [0.1, 0.15) is 18.8 Å². The Morgan fingerprint density at radius 3 is 2.74 bits per heavy atom. The standard InChI is InChI=1S/C23H23N3O5/c1-4-16-7-6-8-17(11-16)26-23-18-12-20(31-14-22(27)29-5-2)21(30-10-9-28-3)13-19(18)24-15-25-23/h1,6-8,11-13,15H,5,9-10,14H2,2-3H3,(H,24,25,26). The summed E-state index contributed by atoms with van der Waals surface area (Å²) in [6.45, 7) is 2.47. The van der Waals surface area contributed by atoms with Crippen molar-refractivity contribution >= 4 is 28.4 Å². The first-order chi connectivity index (χ1) is 15.1. The molecule has 0 aliphatic rings. The zero-order valence-corrected chi connectivity index (χ0v) is 17.4. The van der Waals surface area contributed by atoms with E-state index in [1.807, 2.05) is 24.3 Å². The number of hydrogen-bond acceptors (Lipinski definition) is 8. The maximum Gasteiger partial charge on any atom is 0.344 e. The van der Waals surface area contributed by atoms with Crippen LogP contribution in [0.3, 0.4) is 0 Å². The molecule has 1 N–H and O–H groups in total. The highest BCUT2D eigenvalue weighted by atomic mass is 16.6. The number of ether oxygens (including phenoxy) is 4. The molecule has 0 saturated heterocycles. The molecule has 0 aliphatic heterocycles. The van der Waals surface area contributed by atoms with E-state index in [0.29, 0.717) is 41.4 Å². The summed E-state index contributed by atoms with van der Waals surface area (Å²) in [6, 6.07) is 10.9. The first-order valence-electron chi connectivity index (χ1n) is 9.67. The van der Waals surface area contributed by atoms with Crippen molar-refractivity contribution in [3.05, 3.63) is 48.3 Å². The van der Waals surface area contributed by atoms with Crippen LogP contribution in [0.1, 0.15) is 12.5 Å². The summed E-state index contributed by atoms with van der Waals surface area (Å²) in [7, 11) is 1.59. The molecule has 2 aromatic carbocycles. The van der Waals surface area contributed by atoms with E-state index in [-0.39, 0.29) is 13.2 Å². The minimum atomic E-state index is -0.473. The normalized spacial score (nSPS) is 10.4. The molecule has 0 unspecified atom stereocenters. The van der Waals surface area contributed by atoms with E-state index in [1.165, 1.54) is 6.33 Å². The van der Waals surface area contributed by atoms with Gasteiger partial charge in [-0.3, -0.25) is 0 Å². The molecule has 0 spiro atoms. The summed E-state index contributed by atoms with van der Waals surface area (Å²) >= 11 is 0. The van der Waals surface area contributed by atoms with Crippen molar-refractivity contribution in [1.82, 2.24) is 9.97 Å². The van der Waals surface area contributed by atoms with Crippen LogP contribution in [0.2, 0.25) is 0 Å². The van der Waals surface area contributed by atoms with Gasteiger partial charge in [0.15, 0.2) is 18.1 Å². The summed E-state index contributed by atoms with van der Waals surface area (Å²) in [5.74, 6) is 3.50. The number of benzene rings is 2. The van der Waals surface area contributed by atoms with Gasteiger partial charge in [-0.1, -0.05) is 12.0 Å². The number of rotatable bonds is 10. The van der Waals surface area contributed by atoms with Crippen LogP contribution < -0.4 is 14.8 Å². The fraction of sp³-hybridized carbons (Fsp3) is 0.261. The zero-order valence-electron chi connectivity index (χ0n) is 17.4. The summed E-state index contributed by atoms with van der Waals surface area (Å²) in [5.41, 5.74) is 2.17. The van der Waals surface area contributed by atoms with Gasteiger partial charge < -0.3 is 24.3 Å². The number of aromatic nitrogens is 2. The van der Waals surface area contributed by atoms with Gasteiger partial charge in [-0.25, -0.2) is 14.8 Å². The Labute approximate surface area is 180 Å². The number of methoxy groups -OCH3 is 1. The molecular weight excluding hydrogens is 398 g/mol. The van der Waals surface area contributed by atoms with Crippen molar-refractivity contribution in [2.45, 2.75) is 6.92 Å². The molecule has 1 heterocycles. The summed E-state index contributed by atoms with van der Waals surface area (Å²) in [4.78, 5) is 20.4. The van der Waals surface area contributed by atoms with E-state index in [9.17, 15) is 4.79 Å². The minimum absolute atomic E-state index is 0.249. The van der Waals surface area contributed by atoms with E-state index in [4.69, 9.17) is 25.4 Å². The van der Waals surface area contributed by atoms with Gasteiger partial charge in [-0.2, -0.15) is 0 Å². The van der Waals surface area contributed by atoms with Crippen molar-refractivity contribution in [3.8, 4) is 23.8 Å². The predicted molar refractivity (Wildman–Crippen MR) is 117 cm³/mol. The quantitative estimate of drug-likeness (QED) is 0.303. The van der Waals surface area contributed by atoms with Crippen LogP contribution in [0, 0.1) is 12.3 Å². The van der Waals surface area contributed by atoms with E-state index >= 15 is 0 Å². The Bertz CT molecular complexity index is 1090. The highest BCUT2D eigenvalue weighted by Gasteiger charge is 2.14. The van der Waals surface area contributed by atoms with E-state index in [1.54, 1.807) is 26.2 Å². The third kappa shape index (κ3) is 5.84. The molecule has 0 bridgehead atoms. The van der Waals surface area contributed by atoms with Gasteiger partial charge in [0.05, 0.1) is 18.7 Å². The number of nitrogens with zero attached hydrogens (tertiary/aromatic N) is 2. The lowest BCUT2D eigenvalue weighted by Crippen LogP contribution is -2.15. The van der Waals surface area contributed by atoms with Crippen LogP contribution in [0.5, 0.6) is 11.5 Å². The van der Waals surface area contributed by atoms with E-state index < -0.39 is 5.97 Å². The lowest BCUT2D eigenvalue weighted by molar-refractivity contribution is -0.145. The van der Waals surface area contributed by atoms with Crippen molar-refractivity contribution in [2.24, 2.45) is 0 Å². The Morgan fingerprint density at radius 1 is 1.13 bits per heavy atom. The molecule has 1 aromatic heterocycles. The Hall–Kier alpha value is -3.83. The average molecular weight is 421 g/mol. The molecule has 8 nitrogen and oxygen atoms in total. The Balaban J connectivity index is 1.95. The molecule has 0 saturated carbocycles. The van der Waals surface area contributed by atoms with Crippen LogP contribution in [0.25, 0.3) is 10.9 Å². The molecule has 0 aliphatic carbocycles. The number of carbonyl (C=O) groups is 1. The van der Waals surface area contributed by atoms with Crippen LogP contribution in [0.4, 0.5) is 11.5 Å². The van der Waals surface area contributed by atoms with Crippen molar-refractivity contribution in [3.63, 3.8) is 0 Å². The lowest BCUT2D eigenvalue weighted by Gasteiger charge is -2.15. The van der Waals surface area contributed by atoms with Gasteiger partial charge in [-0.15, -0.1) is 6.42 Å². The number of carbonyl (C=O) groups excluding carboxylic acids is 1. The summed E-state index contributed by atoms with van der Waals surface area (Å²) < 4.78 is 21.4. The average Bonchev–Trinajstić information content (AvgIpc) is 2.78. The molecule has 0 radical (unpaired) electrons. The Morgan fingerprint density at radius 2 is 1.97 bits per heavy atom. The molecule has 0 amide bonds. The van der Waals surface area contributed by atoms with Gasteiger partial charge in [0, 0.05) is 29.8 Å². The smallest absolute Gasteiger partial charge is 0.344 e. The van der Waals surface area contributed by atoms with Gasteiger partial charge >= 0.3 is 5.97 Å². The topological polar surface area (TPSA) is 91.8 Å². The number of anilines is 2. The third-order valence-electron chi connectivity index (χ3n) is 4.19. The fourth-order valence-electron chi connectivity index (χ4n) is 2.79. The number of nitrogens with one attached hydrogen (secondary N) is 1. The van der Waals surface area contributed by atoms with Crippen LogP contribution >= 0.6 is 0 Å². The molecule has 8 heteroatoms. The predicted octanol–water partition coefficient (Wildman–Crippen LogP) is 3.32. The van der Waals surface area contributed by atoms with E-state index in [0.717, 1.165) is 11.3 Å². The van der Waals surface area contributed by atoms with Gasteiger partial charge in [0.2, 0.25) is 0 Å². The Kier molecular flexibility index (Phi) is 7.62. The van der Waals surface area contributed by atoms with Crippen LogP contribution in [-0.2, 0) is 14.3 Å². The molecule has 0 atom stereocenters. The zero-order chi connectivity index (χ0) is 22.1. The molecule has 31 heavy (non-hydrogen) atoms. The minimum Gasteiger partial charge on any atom is -0.487 e. The second kappa shape index (κ2) is 10.8. The van der Waals surface area contributed by atoms with Crippen molar-refractivity contribution in [1.29, 1.82) is 0 Å². The maximum absolute atomic E-state index is 11.8. The second-order valence-corrected chi connectivity index (χ2v) is 6.32. The fourth-order valence-corrected chi connectivity index (χ4v) is 2.79. The SMILES string of the molecule is C#Cc1cccc(Nc2ncnc3cc(OCCOC)c(OCC(=O)OCC)cc23)c1. The van der Waals surface area contributed by atoms with Crippen molar-refractivity contribution < 1.29 is 23.7 Å². The van der Waals surface area contributed by atoms with Crippen molar-refractivity contribution in [2.75, 3.05) is 38.9 Å². The second-order valence-electron chi connectivity index (χ2n) is 6.32. The molecule has 3 rings (SSSR count). The summed E-state index contributed by atoms with van der Waals surface area (Å²) in [5, 5.41) is 3.94. The monoisotopic (exact) mass is 421 g/mol. The molecular formula is C23H23N3O5. The molecule has 3 aromatic rings.